The third kappa shape index (κ3) is 4.25. The highest BCUT2D eigenvalue weighted by molar-refractivity contribution is 5.36. The van der Waals surface area contributed by atoms with Crippen molar-refractivity contribution >= 4 is 5.69 Å². The van der Waals surface area contributed by atoms with Gasteiger partial charge in [-0.25, -0.2) is 0 Å². The lowest BCUT2D eigenvalue weighted by atomic mass is 9.93. The molecule has 19 heavy (non-hydrogen) atoms. The van der Waals surface area contributed by atoms with Gasteiger partial charge in [0.1, 0.15) is 0 Å². The molecule has 0 atom stereocenters. The summed E-state index contributed by atoms with van der Waals surface area (Å²) < 4.78 is 13.9. The van der Waals surface area contributed by atoms with Crippen LogP contribution in [0.4, 0.5) is 10.1 Å². The Labute approximate surface area is 112 Å². The maximum Gasteiger partial charge on any atom is 0.305 e. The molecule has 1 aromatic rings. The molecule has 0 amide bonds. The van der Waals surface area contributed by atoms with Gasteiger partial charge >= 0.3 is 5.69 Å². The van der Waals surface area contributed by atoms with Gasteiger partial charge in [0, 0.05) is 24.7 Å². The third-order valence-corrected chi connectivity index (χ3v) is 2.95. The van der Waals surface area contributed by atoms with Crippen LogP contribution in [0.25, 0.3) is 0 Å². The number of halogens is 1. The Morgan fingerprint density at radius 2 is 2.11 bits per heavy atom. The van der Waals surface area contributed by atoms with E-state index < -0.39 is 16.4 Å². The molecule has 0 aromatic heterocycles. The molecule has 0 bridgehead atoms. The van der Waals surface area contributed by atoms with Crippen molar-refractivity contribution in [3.05, 3.63) is 39.7 Å². The van der Waals surface area contributed by atoms with Gasteiger partial charge in [-0.3, -0.25) is 10.1 Å². The summed E-state index contributed by atoms with van der Waals surface area (Å²) in [6.07, 6.45) is 0. The quantitative estimate of drug-likeness (QED) is 0.634. The normalized spacial score (nSPS) is 11.9. The van der Waals surface area contributed by atoms with E-state index in [0.717, 1.165) is 0 Å². The Kier molecular flexibility index (Phi) is 4.97. The van der Waals surface area contributed by atoms with Crippen molar-refractivity contribution in [3.8, 4) is 0 Å². The topological polar surface area (TPSA) is 72.4 Å². The molecule has 0 saturated heterocycles. The highest BCUT2D eigenvalue weighted by Crippen LogP contribution is 2.22. The molecule has 0 aliphatic carbocycles. The smallest absolute Gasteiger partial charge is 0.305 e. The second kappa shape index (κ2) is 6.08. The van der Waals surface area contributed by atoms with Crippen molar-refractivity contribution in [2.75, 3.05) is 20.1 Å². The summed E-state index contributed by atoms with van der Waals surface area (Å²) in [7, 11) is 1.84. The van der Waals surface area contributed by atoms with Gasteiger partial charge in [-0.15, -0.1) is 0 Å². The highest BCUT2D eigenvalue weighted by atomic mass is 19.1. The molecule has 106 valence electrons. The summed E-state index contributed by atoms with van der Waals surface area (Å²) in [6, 6.07) is 4.23. The standard InChI is InChI=1S/C13H20FN3O2/c1-13(2,8-15)9-16(3)7-10-5-4-6-11(12(10)14)17(18)19/h4-6H,7-9,15H2,1-3H3. The van der Waals surface area contributed by atoms with Gasteiger partial charge in [0.05, 0.1) is 4.92 Å². The van der Waals surface area contributed by atoms with Gasteiger partial charge < -0.3 is 10.6 Å². The van der Waals surface area contributed by atoms with Gasteiger partial charge in [0.25, 0.3) is 0 Å². The van der Waals surface area contributed by atoms with Crippen molar-refractivity contribution in [2.24, 2.45) is 11.1 Å². The molecule has 0 heterocycles. The molecule has 0 aliphatic heterocycles. The molecule has 0 radical (unpaired) electrons. The Balaban J connectivity index is 2.83. The van der Waals surface area contributed by atoms with Crippen molar-refractivity contribution < 1.29 is 9.31 Å². The fourth-order valence-electron chi connectivity index (χ4n) is 1.97. The first-order chi connectivity index (χ1) is 8.76. The fourth-order valence-corrected chi connectivity index (χ4v) is 1.97. The van der Waals surface area contributed by atoms with E-state index in [1.54, 1.807) is 6.07 Å². The van der Waals surface area contributed by atoms with Crippen LogP contribution in [0.5, 0.6) is 0 Å². The number of hydrogen-bond donors (Lipinski definition) is 1. The van der Waals surface area contributed by atoms with E-state index in [4.69, 9.17) is 5.73 Å². The van der Waals surface area contributed by atoms with Crippen molar-refractivity contribution in [2.45, 2.75) is 20.4 Å². The zero-order valence-electron chi connectivity index (χ0n) is 11.5. The number of benzene rings is 1. The Bertz CT molecular complexity index is 463. The largest absolute Gasteiger partial charge is 0.330 e. The molecular weight excluding hydrogens is 249 g/mol. The number of nitrogens with two attached hydrogens (primary N) is 1. The molecule has 0 aliphatic rings. The van der Waals surface area contributed by atoms with Crippen LogP contribution in [0.1, 0.15) is 19.4 Å². The van der Waals surface area contributed by atoms with Crippen molar-refractivity contribution in [1.29, 1.82) is 0 Å². The first-order valence-corrected chi connectivity index (χ1v) is 6.07. The molecular formula is C13H20FN3O2. The number of nitro groups is 1. The summed E-state index contributed by atoms with van der Waals surface area (Å²) in [6.45, 7) is 5.57. The van der Waals surface area contributed by atoms with Crippen LogP contribution in [0, 0.1) is 21.3 Å². The van der Waals surface area contributed by atoms with Crippen molar-refractivity contribution in [1.82, 2.24) is 4.90 Å². The molecule has 0 fully saturated rings. The SMILES string of the molecule is CN(Cc1cccc([N+](=O)[O-])c1F)CC(C)(C)CN. The average Bonchev–Trinajstić information content (AvgIpc) is 2.30. The lowest BCUT2D eigenvalue weighted by Crippen LogP contribution is -2.36. The maximum atomic E-state index is 13.9. The van der Waals surface area contributed by atoms with Crippen molar-refractivity contribution in [3.63, 3.8) is 0 Å². The number of nitro benzene ring substituents is 1. The maximum absolute atomic E-state index is 13.9. The van der Waals surface area contributed by atoms with E-state index in [1.165, 1.54) is 12.1 Å². The Morgan fingerprint density at radius 3 is 2.63 bits per heavy atom. The first kappa shape index (κ1) is 15.5. The summed E-state index contributed by atoms with van der Waals surface area (Å²) in [4.78, 5) is 11.9. The average molecular weight is 269 g/mol. The van der Waals surface area contributed by atoms with Gasteiger partial charge in [0.2, 0.25) is 5.82 Å². The van der Waals surface area contributed by atoms with Gasteiger partial charge in [-0.1, -0.05) is 26.0 Å². The molecule has 0 saturated carbocycles. The summed E-state index contributed by atoms with van der Waals surface area (Å²) in [5.41, 5.74) is 5.42. The van der Waals surface area contributed by atoms with Crippen LogP contribution in [0.2, 0.25) is 0 Å². The minimum absolute atomic E-state index is 0.0774. The zero-order valence-corrected chi connectivity index (χ0v) is 11.5. The summed E-state index contributed by atoms with van der Waals surface area (Å²) in [5.74, 6) is -0.759. The molecule has 2 N–H and O–H groups in total. The molecule has 1 aromatic carbocycles. The Morgan fingerprint density at radius 1 is 1.47 bits per heavy atom. The van der Waals surface area contributed by atoms with Gasteiger partial charge in [-0.2, -0.15) is 4.39 Å². The molecule has 0 spiro atoms. The van der Waals surface area contributed by atoms with E-state index in [0.29, 0.717) is 25.2 Å². The lowest BCUT2D eigenvalue weighted by Gasteiger charge is -2.29. The first-order valence-electron chi connectivity index (χ1n) is 6.07. The lowest BCUT2D eigenvalue weighted by molar-refractivity contribution is -0.387. The monoisotopic (exact) mass is 269 g/mol. The third-order valence-electron chi connectivity index (χ3n) is 2.95. The summed E-state index contributed by atoms with van der Waals surface area (Å²) in [5, 5.41) is 10.7. The second-order valence-electron chi connectivity index (χ2n) is 5.55. The number of hydrogen-bond acceptors (Lipinski definition) is 4. The van der Waals surface area contributed by atoms with Crippen LogP contribution in [-0.2, 0) is 6.54 Å². The van der Waals surface area contributed by atoms with Crippen LogP contribution >= 0.6 is 0 Å². The van der Waals surface area contributed by atoms with Crippen LogP contribution in [0.3, 0.4) is 0 Å². The highest BCUT2D eigenvalue weighted by Gasteiger charge is 2.21. The Hall–Kier alpha value is -1.53. The van der Waals surface area contributed by atoms with E-state index in [2.05, 4.69) is 0 Å². The molecule has 6 heteroatoms. The second-order valence-corrected chi connectivity index (χ2v) is 5.55. The van der Waals surface area contributed by atoms with E-state index in [1.807, 2.05) is 25.8 Å². The van der Waals surface area contributed by atoms with E-state index in [9.17, 15) is 14.5 Å². The predicted octanol–water partition coefficient (Wildman–Crippen LogP) is 2.15. The minimum Gasteiger partial charge on any atom is -0.330 e. The van der Waals surface area contributed by atoms with Crippen LogP contribution < -0.4 is 5.73 Å². The number of nitrogens with zero attached hydrogens (tertiary/aromatic N) is 2. The van der Waals surface area contributed by atoms with Gasteiger partial charge in [0.15, 0.2) is 0 Å². The molecule has 5 nitrogen and oxygen atoms in total. The molecule has 1 rings (SSSR count). The van der Waals surface area contributed by atoms with Crippen LogP contribution in [0.15, 0.2) is 18.2 Å². The van der Waals surface area contributed by atoms with Crippen LogP contribution in [-0.4, -0.2) is 30.0 Å². The minimum atomic E-state index is -0.759. The van der Waals surface area contributed by atoms with Gasteiger partial charge in [-0.05, 0) is 19.0 Å². The fraction of sp³-hybridized carbons (Fsp3) is 0.538. The number of rotatable bonds is 6. The summed E-state index contributed by atoms with van der Waals surface area (Å²) >= 11 is 0. The zero-order chi connectivity index (χ0) is 14.6. The predicted molar refractivity (Wildman–Crippen MR) is 72.2 cm³/mol. The van der Waals surface area contributed by atoms with E-state index in [-0.39, 0.29) is 5.41 Å². The molecule has 0 unspecified atom stereocenters. The van der Waals surface area contributed by atoms with E-state index >= 15 is 0 Å².